The monoisotopic (exact) mass is 250 g/mol. The van der Waals surface area contributed by atoms with Crippen molar-refractivity contribution in [3.63, 3.8) is 0 Å². The van der Waals surface area contributed by atoms with Crippen molar-refractivity contribution in [3.05, 3.63) is 23.2 Å². The molecule has 0 saturated carbocycles. The predicted molar refractivity (Wildman–Crippen MR) is 74.5 cm³/mol. The fraction of sp³-hybridized carbons (Fsp3) is 0.733. The van der Waals surface area contributed by atoms with Gasteiger partial charge in [-0.05, 0) is 46.3 Å². The minimum Gasteiger partial charge on any atom is -0.465 e. The van der Waals surface area contributed by atoms with Crippen LogP contribution in [0.5, 0.6) is 0 Å². The van der Waals surface area contributed by atoms with E-state index < -0.39 is 0 Å². The number of nitrogens with zero attached hydrogens (tertiary/aromatic N) is 1. The fourth-order valence-electron chi connectivity index (χ4n) is 2.80. The molecule has 3 heteroatoms. The van der Waals surface area contributed by atoms with Crippen molar-refractivity contribution in [3.8, 4) is 0 Å². The Hall–Kier alpha value is -0.800. The number of likely N-dealkylation sites (tertiary alicyclic amines) is 1. The van der Waals surface area contributed by atoms with Crippen LogP contribution in [0.2, 0.25) is 0 Å². The van der Waals surface area contributed by atoms with Gasteiger partial charge in [0.15, 0.2) is 0 Å². The molecule has 2 rings (SSSR count). The highest BCUT2D eigenvalue weighted by molar-refractivity contribution is 5.20. The van der Waals surface area contributed by atoms with Crippen LogP contribution < -0.4 is 5.32 Å². The van der Waals surface area contributed by atoms with Gasteiger partial charge in [-0.3, -0.25) is 4.90 Å². The molecule has 0 aromatic carbocycles. The zero-order valence-electron chi connectivity index (χ0n) is 12.0. The van der Waals surface area contributed by atoms with E-state index in [1.54, 1.807) is 0 Å². The van der Waals surface area contributed by atoms with Gasteiger partial charge in [-0.1, -0.05) is 12.8 Å². The largest absolute Gasteiger partial charge is 0.465 e. The summed E-state index contributed by atoms with van der Waals surface area (Å²) < 4.78 is 5.88. The van der Waals surface area contributed by atoms with Crippen molar-refractivity contribution in [1.29, 1.82) is 0 Å². The summed E-state index contributed by atoms with van der Waals surface area (Å²) >= 11 is 0. The van der Waals surface area contributed by atoms with Gasteiger partial charge in [-0.15, -0.1) is 0 Å². The zero-order chi connectivity index (χ0) is 13.0. The molecule has 1 unspecified atom stereocenters. The number of hydrogen-bond donors (Lipinski definition) is 1. The van der Waals surface area contributed by atoms with Gasteiger partial charge in [-0.2, -0.15) is 0 Å². The lowest BCUT2D eigenvalue weighted by molar-refractivity contribution is 0.188. The lowest BCUT2D eigenvalue weighted by Gasteiger charge is -2.25. The molecule has 0 bridgehead atoms. The van der Waals surface area contributed by atoms with E-state index in [9.17, 15) is 0 Å². The van der Waals surface area contributed by atoms with E-state index >= 15 is 0 Å². The zero-order valence-corrected chi connectivity index (χ0v) is 12.0. The van der Waals surface area contributed by atoms with Gasteiger partial charge >= 0.3 is 0 Å². The van der Waals surface area contributed by atoms with Crippen molar-refractivity contribution >= 4 is 0 Å². The van der Waals surface area contributed by atoms with E-state index in [2.05, 4.69) is 30.1 Å². The Balaban J connectivity index is 2.01. The highest BCUT2D eigenvalue weighted by Gasteiger charge is 2.18. The molecule has 1 saturated heterocycles. The van der Waals surface area contributed by atoms with Crippen LogP contribution in [-0.4, -0.2) is 24.5 Å². The standard InChI is InChI=1S/C15H26N2O/c1-12-7-5-4-6-8-17(12)11-15-9-14(10-16-3)13(2)18-15/h9,12,16H,4-8,10-11H2,1-3H3. The third kappa shape index (κ3) is 3.36. The topological polar surface area (TPSA) is 28.4 Å². The average Bonchev–Trinajstić information content (AvgIpc) is 2.55. The van der Waals surface area contributed by atoms with Crippen LogP contribution >= 0.6 is 0 Å². The van der Waals surface area contributed by atoms with Crippen molar-refractivity contribution < 1.29 is 4.42 Å². The fourth-order valence-corrected chi connectivity index (χ4v) is 2.80. The van der Waals surface area contributed by atoms with Crippen LogP contribution in [-0.2, 0) is 13.1 Å². The van der Waals surface area contributed by atoms with Crippen molar-refractivity contribution in [2.75, 3.05) is 13.6 Å². The highest BCUT2D eigenvalue weighted by atomic mass is 16.3. The molecule has 1 fully saturated rings. The Morgan fingerprint density at radius 1 is 1.39 bits per heavy atom. The number of hydrogen-bond acceptors (Lipinski definition) is 3. The highest BCUT2D eigenvalue weighted by Crippen LogP contribution is 2.21. The summed E-state index contributed by atoms with van der Waals surface area (Å²) in [6, 6.07) is 2.90. The Labute approximate surface area is 111 Å². The molecule has 0 aliphatic carbocycles. The molecule has 1 atom stereocenters. The van der Waals surface area contributed by atoms with E-state index in [0.717, 1.165) is 24.6 Å². The molecule has 1 aromatic heterocycles. The van der Waals surface area contributed by atoms with Gasteiger partial charge in [0, 0.05) is 18.2 Å². The molecule has 0 spiro atoms. The summed E-state index contributed by atoms with van der Waals surface area (Å²) in [6.45, 7) is 7.47. The molecule has 0 radical (unpaired) electrons. The van der Waals surface area contributed by atoms with E-state index in [4.69, 9.17) is 4.42 Å². The number of furan rings is 1. The molecule has 3 nitrogen and oxygen atoms in total. The maximum absolute atomic E-state index is 5.88. The maximum Gasteiger partial charge on any atom is 0.118 e. The molecule has 1 aromatic rings. The molecule has 1 N–H and O–H groups in total. The molecule has 102 valence electrons. The van der Waals surface area contributed by atoms with Crippen molar-refractivity contribution in [1.82, 2.24) is 10.2 Å². The van der Waals surface area contributed by atoms with Gasteiger partial charge in [0.2, 0.25) is 0 Å². The summed E-state index contributed by atoms with van der Waals surface area (Å²) in [5, 5.41) is 3.19. The molecule has 1 aliphatic heterocycles. The second-order valence-corrected chi connectivity index (χ2v) is 5.49. The first-order valence-electron chi connectivity index (χ1n) is 7.17. The Bertz CT molecular complexity index is 373. The van der Waals surface area contributed by atoms with Crippen LogP contribution in [0.3, 0.4) is 0 Å². The third-order valence-electron chi connectivity index (χ3n) is 3.99. The summed E-state index contributed by atoms with van der Waals surface area (Å²) in [5.41, 5.74) is 1.29. The van der Waals surface area contributed by atoms with E-state index in [-0.39, 0.29) is 0 Å². The maximum atomic E-state index is 5.88. The first kappa shape index (κ1) is 13.6. The van der Waals surface area contributed by atoms with Crippen LogP contribution in [0.25, 0.3) is 0 Å². The molecule has 2 heterocycles. The van der Waals surface area contributed by atoms with Gasteiger partial charge in [0.05, 0.1) is 6.54 Å². The van der Waals surface area contributed by atoms with Crippen LogP contribution in [0, 0.1) is 6.92 Å². The normalized spacial score (nSPS) is 22.1. The molecular formula is C15H26N2O. The van der Waals surface area contributed by atoms with E-state index in [1.165, 1.54) is 37.8 Å². The average molecular weight is 250 g/mol. The summed E-state index contributed by atoms with van der Waals surface area (Å²) in [4.78, 5) is 2.56. The van der Waals surface area contributed by atoms with Crippen LogP contribution in [0.4, 0.5) is 0 Å². The van der Waals surface area contributed by atoms with Gasteiger partial charge in [-0.25, -0.2) is 0 Å². The molecule has 18 heavy (non-hydrogen) atoms. The number of aryl methyl sites for hydroxylation is 1. The molecular weight excluding hydrogens is 224 g/mol. The van der Waals surface area contributed by atoms with Crippen LogP contribution in [0.1, 0.15) is 49.7 Å². The number of nitrogens with one attached hydrogen (secondary N) is 1. The quantitative estimate of drug-likeness (QED) is 0.890. The Morgan fingerprint density at radius 2 is 2.22 bits per heavy atom. The summed E-state index contributed by atoms with van der Waals surface area (Å²) in [7, 11) is 1.98. The first-order valence-corrected chi connectivity index (χ1v) is 7.17. The van der Waals surface area contributed by atoms with Gasteiger partial charge in [0.25, 0.3) is 0 Å². The SMILES string of the molecule is CNCc1cc(CN2CCCCCC2C)oc1C. The van der Waals surface area contributed by atoms with E-state index in [1.807, 2.05) is 7.05 Å². The Morgan fingerprint density at radius 3 is 3.00 bits per heavy atom. The minimum atomic E-state index is 0.686. The molecule has 0 amide bonds. The lowest BCUT2D eigenvalue weighted by Crippen LogP contribution is -2.31. The predicted octanol–water partition coefficient (Wildman–Crippen LogP) is 3.07. The van der Waals surface area contributed by atoms with Gasteiger partial charge < -0.3 is 9.73 Å². The third-order valence-corrected chi connectivity index (χ3v) is 3.99. The minimum absolute atomic E-state index is 0.686. The van der Waals surface area contributed by atoms with Crippen molar-refractivity contribution in [2.24, 2.45) is 0 Å². The summed E-state index contributed by atoms with van der Waals surface area (Å²) in [5.74, 6) is 2.17. The molecule has 1 aliphatic rings. The second kappa shape index (κ2) is 6.39. The second-order valence-electron chi connectivity index (χ2n) is 5.49. The lowest BCUT2D eigenvalue weighted by atomic mass is 10.1. The summed E-state index contributed by atoms with van der Waals surface area (Å²) in [6.07, 6.45) is 5.40. The smallest absolute Gasteiger partial charge is 0.118 e. The van der Waals surface area contributed by atoms with Gasteiger partial charge in [0.1, 0.15) is 11.5 Å². The van der Waals surface area contributed by atoms with Crippen molar-refractivity contribution in [2.45, 2.75) is 58.7 Å². The number of rotatable bonds is 4. The Kier molecular flexibility index (Phi) is 4.84. The first-order chi connectivity index (χ1) is 8.70. The van der Waals surface area contributed by atoms with E-state index in [0.29, 0.717) is 6.04 Å². The van der Waals surface area contributed by atoms with Crippen LogP contribution in [0.15, 0.2) is 10.5 Å².